The number of nitrogens with zero attached hydrogens (tertiary/aromatic N) is 1. The number of nitrogens with one attached hydrogen (secondary N) is 1. The van der Waals surface area contributed by atoms with E-state index < -0.39 is 0 Å². The van der Waals surface area contributed by atoms with Crippen LogP contribution in [0.4, 0.5) is 0 Å². The summed E-state index contributed by atoms with van der Waals surface area (Å²) in [6.07, 6.45) is 1.04. The highest BCUT2D eigenvalue weighted by Crippen LogP contribution is 2.19. The lowest BCUT2D eigenvalue weighted by molar-refractivity contribution is -0.133. The molecule has 1 unspecified atom stereocenters. The molecule has 1 aromatic rings. The van der Waals surface area contributed by atoms with Crippen LogP contribution in [-0.2, 0) is 16.1 Å². The number of amides is 2. The first-order valence-electron chi connectivity index (χ1n) is 6.28. The van der Waals surface area contributed by atoms with Gasteiger partial charge in [0.05, 0.1) is 0 Å². The Bertz CT molecular complexity index is 516. The van der Waals surface area contributed by atoms with E-state index in [1.165, 1.54) is 4.90 Å². The summed E-state index contributed by atoms with van der Waals surface area (Å²) < 4.78 is 0. The molecule has 1 heterocycles. The Morgan fingerprint density at radius 3 is 2.89 bits per heavy atom. The van der Waals surface area contributed by atoms with Crippen LogP contribution in [0.5, 0.6) is 0 Å². The highest BCUT2D eigenvalue weighted by molar-refractivity contribution is 6.31. The minimum Gasteiger partial charge on any atom is -0.350 e. The Hall–Kier alpha value is -1.55. The molecule has 2 amide bonds. The van der Waals surface area contributed by atoms with Crippen molar-refractivity contribution in [2.24, 2.45) is 0 Å². The van der Waals surface area contributed by atoms with E-state index in [-0.39, 0.29) is 17.9 Å². The summed E-state index contributed by atoms with van der Waals surface area (Å²) in [6.45, 7) is 2.36. The number of hydrogen-bond acceptors (Lipinski definition) is 2. The zero-order chi connectivity index (χ0) is 14.0. The van der Waals surface area contributed by atoms with Gasteiger partial charge in [-0.05, 0) is 30.5 Å². The number of likely N-dealkylation sites (tertiary alicyclic amines) is 1. The fraction of sp³-hybridized carbons (Fsp3) is 0.429. The number of carbonyl (C=O) groups is 2. The van der Waals surface area contributed by atoms with Gasteiger partial charge in [0, 0.05) is 25.0 Å². The monoisotopic (exact) mass is 280 g/mol. The number of halogens is 1. The van der Waals surface area contributed by atoms with Gasteiger partial charge in [-0.3, -0.25) is 9.59 Å². The van der Waals surface area contributed by atoms with E-state index in [1.807, 2.05) is 25.1 Å². The average Bonchev–Trinajstić information content (AvgIpc) is 2.72. The van der Waals surface area contributed by atoms with E-state index in [4.69, 9.17) is 11.6 Å². The van der Waals surface area contributed by atoms with Crippen molar-refractivity contribution in [3.63, 3.8) is 0 Å². The number of likely N-dealkylation sites (N-methyl/N-ethyl adjacent to an activating group) is 1. The Balaban J connectivity index is 1.97. The summed E-state index contributed by atoms with van der Waals surface area (Å²) in [5, 5.41) is 3.56. The molecule has 4 nitrogen and oxygen atoms in total. The van der Waals surface area contributed by atoms with Gasteiger partial charge in [-0.1, -0.05) is 23.7 Å². The molecule has 1 saturated heterocycles. The van der Waals surface area contributed by atoms with Gasteiger partial charge in [-0.15, -0.1) is 0 Å². The normalized spacial score (nSPS) is 18.8. The molecular weight excluding hydrogens is 264 g/mol. The van der Waals surface area contributed by atoms with Crippen LogP contribution in [0.1, 0.15) is 24.0 Å². The summed E-state index contributed by atoms with van der Waals surface area (Å²) in [7, 11) is 1.67. The molecule has 1 aliphatic heterocycles. The average molecular weight is 281 g/mol. The maximum absolute atomic E-state index is 12.0. The largest absolute Gasteiger partial charge is 0.350 e. The lowest BCUT2D eigenvalue weighted by atomic mass is 10.1. The SMILES string of the molecule is Cc1c(Cl)cccc1CNC(=O)C1CCC(=O)N1C. The molecular formula is C14H17ClN2O2. The predicted octanol–water partition coefficient (Wildman–Crippen LogP) is 1.89. The van der Waals surface area contributed by atoms with E-state index >= 15 is 0 Å². The Kier molecular flexibility index (Phi) is 4.10. The van der Waals surface area contributed by atoms with Gasteiger partial charge in [0.2, 0.25) is 11.8 Å². The molecule has 1 aromatic carbocycles. The molecule has 1 N–H and O–H groups in total. The summed E-state index contributed by atoms with van der Waals surface area (Å²) in [5.74, 6) is -0.0770. The van der Waals surface area contributed by atoms with Crippen molar-refractivity contribution >= 4 is 23.4 Å². The minimum absolute atomic E-state index is 0.0269. The summed E-state index contributed by atoms with van der Waals surface area (Å²) in [4.78, 5) is 24.9. The standard InChI is InChI=1S/C14H17ClN2O2/c1-9-10(4-3-5-11(9)15)8-16-14(19)12-6-7-13(18)17(12)2/h3-5,12H,6-8H2,1-2H3,(H,16,19). The number of hydrogen-bond donors (Lipinski definition) is 1. The maximum Gasteiger partial charge on any atom is 0.243 e. The molecule has 0 radical (unpaired) electrons. The molecule has 2 rings (SSSR count). The third-order valence-corrected chi connectivity index (χ3v) is 4.04. The van der Waals surface area contributed by atoms with Crippen molar-refractivity contribution in [1.29, 1.82) is 0 Å². The number of benzene rings is 1. The van der Waals surface area contributed by atoms with Crippen LogP contribution in [0.3, 0.4) is 0 Å². The van der Waals surface area contributed by atoms with Crippen molar-refractivity contribution < 1.29 is 9.59 Å². The first-order valence-corrected chi connectivity index (χ1v) is 6.66. The van der Waals surface area contributed by atoms with E-state index in [9.17, 15) is 9.59 Å². The number of rotatable bonds is 3. The van der Waals surface area contributed by atoms with Crippen molar-refractivity contribution in [3.8, 4) is 0 Å². The third-order valence-electron chi connectivity index (χ3n) is 3.63. The first kappa shape index (κ1) is 13.9. The van der Waals surface area contributed by atoms with Crippen molar-refractivity contribution in [1.82, 2.24) is 10.2 Å². The molecule has 19 heavy (non-hydrogen) atoms. The zero-order valence-corrected chi connectivity index (χ0v) is 11.8. The van der Waals surface area contributed by atoms with Crippen LogP contribution in [0.15, 0.2) is 18.2 Å². The van der Waals surface area contributed by atoms with E-state index in [0.29, 0.717) is 24.4 Å². The molecule has 0 spiro atoms. The summed E-state index contributed by atoms with van der Waals surface area (Å²) in [5.41, 5.74) is 1.97. The van der Waals surface area contributed by atoms with Crippen LogP contribution >= 0.6 is 11.6 Å². The maximum atomic E-state index is 12.0. The number of carbonyl (C=O) groups excluding carboxylic acids is 2. The first-order chi connectivity index (χ1) is 9.00. The predicted molar refractivity (Wildman–Crippen MR) is 73.8 cm³/mol. The highest BCUT2D eigenvalue weighted by Gasteiger charge is 2.32. The zero-order valence-electron chi connectivity index (χ0n) is 11.1. The molecule has 0 aliphatic carbocycles. The summed E-state index contributed by atoms with van der Waals surface area (Å²) >= 11 is 6.03. The molecule has 102 valence electrons. The van der Waals surface area contributed by atoms with Crippen LogP contribution in [0.25, 0.3) is 0 Å². The molecule has 1 atom stereocenters. The van der Waals surface area contributed by atoms with E-state index in [1.54, 1.807) is 7.05 Å². The molecule has 5 heteroatoms. The van der Waals surface area contributed by atoms with Gasteiger partial charge in [-0.25, -0.2) is 0 Å². The molecule has 0 aromatic heterocycles. The van der Waals surface area contributed by atoms with E-state index in [2.05, 4.69) is 5.32 Å². The molecule has 0 saturated carbocycles. The second kappa shape index (κ2) is 5.61. The van der Waals surface area contributed by atoms with Crippen LogP contribution < -0.4 is 5.32 Å². The Morgan fingerprint density at radius 1 is 1.53 bits per heavy atom. The highest BCUT2D eigenvalue weighted by atomic mass is 35.5. The lowest BCUT2D eigenvalue weighted by Crippen LogP contribution is -2.42. The van der Waals surface area contributed by atoms with Gasteiger partial charge < -0.3 is 10.2 Å². The van der Waals surface area contributed by atoms with Crippen LogP contribution in [0, 0.1) is 6.92 Å². The Labute approximate surface area is 117 Å². The third kappa shape index (κ3) is 2.89. The summed E-state index contributed by atoms with van der Waals surface area (Å²) in [6, 6.07) is 5.28. The van der Waals surface area contributed by atoms with Gasteiger partial charge in [0.15, 0.2) is 0 Å². The molecule has 1 aliphatic rings. The fourth-order valence-electron chi connectivity index (χ4n) is 2.25. The van der Waals surface area contributed by atoms with Gasteiger partial charge >= 0.3 is 0 Å². The van der Waals surface area contributed by atoms with Crippen molar-refractivity contribution in [3.05, 3.63) is 34.3 Å². The second-order valence-corrected chi connectivity index (χ2v) is 5.21. The lowest BCUT2D eigenvalue weighted by Gasteiger charge is -2.19. The van der Waals surface area contributed by atoms with E-state index in [0.717, 1.165) is 11.1 Å². The molecule has 1 fully saturated rings. The smallest absolute Gasteiger partial charge is 0.243 e. The van der Waals surface area contributed by atoms with Crippen molar-refractivity contribution in [2.45, 2.75) is 32.4 Å². The minimum atomic E-state index is -0.341. The second-order valence-electron chi connectivity index (χ2n) is 4.80. The topological polar surface area (TPSA) is 49.4 Å². The molecule has 0 bridgehead atoms. The van der Waals surface area contributed by atoms with Crippen LogP contribution in [-0.4, -0.2) is 29.8 Å². The fourth-order valence-corrected chi connectivity index (χ4v) is 2.45. The van der Waals surface area contributed by atoms with Gasteiger partial charge in [0.25, 0.3) is 0 Å². The van der Waals surface area contributed by atoms with Gasteiger partial charge in [0.1, 0.15) is 6.04 Å². The Morgan fingerprint density at radius 2 is 2.26 bits per heavy atom. The van der Waals surface area contributed by atoms with Gasteiger partial charge in [-0.2, -0.15) is 0 Å². The van der Waals surface area contributed by atoms with Crippen molar-refractivity contribution in [2.75, 3.05) is 7.05 Å². The van der Waals surface area contributed by atoms with Crippen LogP contribution in [0.2, 0.25) is 5.02 Å². The quantitative estimate of drug-likeness (QED) is 0.919.